The van der Waals surface area contributed by atoms with Crippen molar-refractivity contribution in [1.29, 1.82) is 5.26 Å². The number of hydrogen-bond donors (Lipinski definition) is 0. The molecule has 19 heavy (non-hydrogen) atoms. The number of hydrogen-bond acceptors (Lipinski definition) is 3. The van der Waals surface area contributed by atoms with Gasteiger partial charge < -0.3 is 9.64 Å². The zero-order chi connectivity index (χ0) is 13.0. The number of nitrogens with zero attached hydrogens (tertiary/aromatic N) is 2. The number of carbonyl (C=O) groups is 1. The molecule has 0 unspecified atom stereocenters. The maximum absolute atomic E-state index is 12.1. The summed E-state index contributed by atoms with van der Waals surface area (Å²) in [5, 5.41) is 8.71. The lowest BCUT2D eigenvalue weighted by Crippen LogP contribution is -2.57. The van der Waals surface area contributed by atoms with E-state index in [9.17, 15) is 4.79 Å². The molecule has 1 aromatic carbocycles. The van der Waals surface area contributed by atoms with Crippen LogP contribution in [0.5, 0.6) is 5.75 Å². The Morgan fingerprint density at radius 1 is 1.32 bits per heavy atom. The minimum absolute atomic E-state index is 0.0828. The number of carbonyl (C=O) groups excluding carboxylic acids is 1. The van der Waals surface area contributed by atoms with Gasteiger partial charge in [-0.3, -0.25) is 4.79 Å². The van der Waals surface area contributed by atoms with Crippen LogP contribution in [0.2, 0.25) is 0 Å². The predicted octanol–water partition coefficient (Wildman–Crippen LogP) is 1.56. The molecule has 3 aliphatic rings. The van der Waals surface area contributed by atoms with Gasteiger partial charge in [-0.25, -0.2) is 0 Å². The maximum atomic E-state index is 12.1. The van der Waals surface area contributed by atoms with Gasteiger partial charge in [0.15, 0.2) is 0 Å². The molecule has 0 aromatic heterocycles. The van der Waals surface area contributed by atoms with E-state index in [1.807, 2.05) is 4.90 Å². The van der Waals surface area contributed by atoms with Gasteiger partial charge in [0.25, 0.3) is 0 Å². The van der Waals surface area contributed by atoms with Gasteiger partial charge in [0.05, 0.1) is 30.1 Å². The zero-order valence-electron chi connectivity index (χ0n) is 10.5. The van der Waals surface area contributed by atoms with Gasteiger partial charge in [-0.2, -0.15) is 5.26 Å². The Balaban J connectivity index is 1.31. The summed E-state index contributed by atoms with van der Waals surface area (Å²) in [5.74, 6) is 1.82. The maximum Gasteiger partial charge on any atom is 0.229 e. The lowest BCUT2D eigenvalue weighted by molar-refractivity contribution is -0.143. The predicted molar refractivity (Wildman–Crippen MR) is 67.3 cm³/mol. The van der Waals surface area contributed by atoms with Gasteiger partial charge in [0, 0.05) is 0 Å². The highest BCUT2D eigenvalue weighted by Crippen LogP contribution is 2.76. The van der Waals surface area contributed by atoms with E-state index in [1.54, 1.807) is 24.3 Å². The van der Waals surface area contributed by atoms with E-state index in [-0.39, 0.29) is 11.5 Å². The monoisotopic (exact) mass is 254 g/mol. The van der Waals surface area contributed by atoms with E-state index in [2.05, 4.69) is 6.07 Å². The summed E-state index contributed by atoms with van der Waals surface area (Å²) in [4.78, 5) is 14.0. The van der Waals surface area contributed by atoms with Gasteiger partial charge in [-0.05, 0) is 43.0 Å². The first-order valence-corrected chi connectivity index (χ1v) is 6.67. The summed E-state index contributed by atoms with van der Waals surface area (Å²) in [7, 11) is 0. The molecular formula is C15H14N2O2. The van der Waals surface area contributed by atoms with Crippen molar-refractivity contribution >= 4 is 5.91 Å². The molecule has 0 bridgehead atoms. The van der Waals surface area contributed by atoms with Gasteiger partial charge in [-0.15, -0.1) is 0 Å². The van der Waals surface area contributed by atoms with Crippen LogP contribution >= 0.6 is 0 Å². The molecule has 4 heteroatoms. The second-order valence-electron chi connectivity index (χ2n) is 5.85. The molecule has 0 atom stereocenters. The van der Waals surface area contributed by atoms with Crippen molar-refractivity contribution in [2.75, 3.05) is 13.1 Å². The molecule has 4 nitrogen and oxygen atoms in total. The quantitative estimate of drug-likeness (QED) is 0.822. The molecular weight excluding hydrogens is 240 g/mol. The third kappa shape index (κ3) is 1.61. The van der Waals surface area contributed by atoms with Crippen LogP contribution in [0.4, 0.5) is 0 Å². The zero-order valence-corrected chi connectivity index (χ0v) is 10.5. The molecule has 2 aliphatic carbocycles. The number of benzene rings is 1. The second-order valence-corrected chi connectivity index (χ2v) is 5.85. The number of fused-ring (bicyclic) bond motifs is 1. The third-order valence-electron chi connectivity index (χ3n) is 4.53. The molecule has 2 saturated carbocycles. The van der Waals surface area contributed by atoms with E-state index in [1.165, 1.54) is 0 Å². The minimum atomic E-state index is 0.0828. The average molecular weight is 254 g/mol. The van der Waals surface area contributed by atoms with Crippen LogP contribution in [0, 0.1) is 22.7 Å². The Morgan fingerprint density at radius 2 is 1.95 bits per heavy atom. The van der Waals surface area contributed by atoms with E-state index in [0.29, 0.717) is 30.5 Å². The van der Waals surface area contributed by atoms with E-state index < -0.39 is 0 Å². The highest BCUT2D eigenvalue weighted by atomic mass is 16.5. The van der Waals surface area contributed by atoms with E-state index in [0.717, 1.165) is 18.6 Å². The van der Waals surface area contributed by atoms with E-state index in [4.69, 9.17) is 10.00 Å². The molecule has 1 heterocycles. The molecule has 1 aliphatic heterocycles. The van der Waals surface area contributed by atoms with Gasteiger partial charge in [0.2, 0.25) is 5.91 Å². The SMILES string of the molecule is N#Cc1ccc(OC2CN(C(=O)C34CC3C4)C2)cc1. The Labute approximate surface area is 111 Å². The highest BCUT2D eigenvalue weighted by Gasteiger charge is 2.75. The average Bonchev–Trinajstić information content (AvgIpc) is 3.22. The fraction of sp³-hybridized carbons (Fsp3) is 0.467. The molecule has 3 fully saturated rings. The smallest absolute Gasteiger partial charge is 0.229 e. The van der Waals surface area contributed by atoms with Crippen LogP contribution in [-0.4, -0.2) is 30.0 Å². The number of likely N-dealkylation sites (tertiary alicyclic amines) is 1. The molecule has 1 amide bonds. The molecule has 1 saturated heterocycles. The van der Waals surface area contributed by atoms with Crippen LogP contribution in [0.25, 0.3) is 0 Å². The largest absolute Gasteiger partial charge is 0.487 e. The Bertz CT molecular complexity index is 575. The number of ether oxygens (including phenoxy) is 1. The van der Waals surface area contributed by atoms with Crippen molar-refractivity contribution in [3.8, 4) is 11.8 Å². The molecule has 1 aromatic rings. The summed E-state index contributed by atoms with van der Waals surface area (Å²) in [5.41, 5.74) is 0.713. The number of amides is 1. The van der Waals surface area contributed by atoms with Crippen molar-refractivity contribution in [3.05, 3.63) is 29.8 Å². The topological polar surface area (TPSA) is 53.3 Å². The van der Waals surface area contributed by atoms with Crippen molar-refractivity contribution < 1.29 is 9.53 Å². The van der Waals surface area contributed by atoms with Crippen molar-refractivity contribution in [2.45, 2.75) is 18.9 Å². The molecule has 0 radical (unpaired) electrons. The number of rotatable bonds is 3. The first kappa shape index (κ1) is 10.9. The van der Waals surface area contributed by atoms with Gasteiger partial charge in [0.1, 0.15) is 11.9 Å². The lowest BCUT2D eigenvalue weighted by Gasteiger charge is -2.39. The first-order chi connectivity index (χ1) is 9.21. The Hall–Kier alpha value is -2.02. The fourth-order valence-corrected chi connectivity index (χ4v) is 2.84. The summed E-state index contributed by atoms with van der Waals surface area (Å²) in [6, 6.07) is 9.18. The summed E-state index contributed by atoms with van der Waals surface area (Å²) >= 11 is 0. The summed E-state index contributed by atoms with van der Waals surface area (Å²) < 4.78 is 5.77. The summed E-state index contributed by atoms with van der Waals surface area (Å²) in [6.45, 7) is 1.40. The normalized spacial score (nSPS) is 30.9. The second kappa shape index (κ2) is 3.51. The molecule has 96 valence electrons. The fourth-order valence-electron chi connectivity index (χ4n) is 2.84. The number of nitriles is 1. The van der Waals surface area contributed by atoms with Crippen LogP contribution in [0.1, 0.15) is 18.4 Å². The van der Waals surface area contributed by atoms with Crippen LogP contribution < -0.4 is 4.74 Å². The standard InChI is InChI=1S/C15H14N2O2/c16-7-10-1-3-12(4-2-10)19-13-8-17(9-13)14(18)15-5-11(15)6-15/h1-4,11,13H,5-6,8-9H2. The van der Waals surface area contributed by atoms with Gasteiger partial charge in [-0.1, -0.05) is 0 Å². The lowest BCUT2D eigenvalue weighted by atomic mass is 10.1. The van der Waals surface area contributed by atoms with Crippen molar-refractivity contribution in [1.82, 2.24) is 4.90 Å². The van der Waals surface area contributed by atoms with Crippen LogP contribution in [0.15, 0.2) is 24.3 Å². The Morgan fingerprint density at radius 3 is 2.47 bits per heavy atom. The van der Waals surface area contributed by atoms with Gasteiger partial charge >= 0.3 is 0 Å². The minimum Gasteiger partial charge on any atom is -0.487 e. The van der Waals surface area contributed by atoms with E-state index >= 15 is 0 Å². The molecule has 0 spiro atoms. The molecule has 0 N–H and O–H groups in total. The molecule has 4 rings (SSSR count). The highest BCUT2D eigenvalue weighted by molar-refractivity contribution is 5.90. The van der Waals surface area contributed by atoms with Crippen LogP contribution in [0.3, 0.4) is 0 Å². The van der Waals surface area contributed by atoms with Crippen molar-refractivity contribution in [3.63, 3.8) is 0 Å². The summed E-state index contributed by atoms with van der Waals surface area (Å²) in [6.07, 6.45) is 2.33. The van der Waals surface area contributed by atoms with Crippen LogP contribution in [-0.2, 0) is 4.79 Å². The van der Waals surface area contributed by atoms with Crippen molar-refractivity contribution in [2.24, 2.45) is 11.3 Å². The third-order valence-corrected chi connectivity index (χ3v) is 4.53. The Kier molecular flexibility index (Phi) is 2.00. The first-order valence-electron chi connectivity index (χ1n) is 6.67.